The summed E-state index contributed by atoms with van der Waals surface area (Å²) < 4.78 is 5.75. The summed E-state index contributed by atoms with van der Waals surface area (Å²) in [5.41, 5.74) is 4.18. The summed E-state index contributed by atoms with van der Waals surface area (Å²) >= 11 is 0. The number of nitrogens with one attached hydrogen (secondary N) is 1. The third kappa shape index (κ3) is 3.14. The second kappa shape index (κ2) is 6.05. The van der Waals surface area contributed by atoms with Crippen LogP contribution in [0.25, 0.3) is 0 Å². The fourth-order valence-electron chi connectivity index (χ4n) is 2.48. The molecular weight excluding hydrogens is 222 g/mol. The number of hydrogen-bond donors (Lipinski definition) is 1. The Balaban J connectivity index is 2.09. The number of rotatable bonds is 4. The van der Waals surface area contributed by atoms with E-state index in [0.29, 0.717) is 12.6 Å². The molecule has 0 aliphatic heterocycles. The smallest absolute Gasteiger partial charge is 0.120 e. The van der Waals surface area contributed by atoms with E-state index < -0.39 is 0 Å². The Kier molecular flexibility index (Phi) is 4.43. The van der Waals surface area contributed by atoms with Crippen molar-refractivity contribution in [2.24, 2.45) is 0 Å². The van der Waals surface area contributed by atoms with E-state index in [4.69, 9.17) is 4.74 Å². The molecule has 0 saturated heterocycles. The molecule has 0 aromatic heterocycles. The largest absolute Gasteiger partial charge is 0.490 e. The summed E-state index contributed by atoms with van der Waals surface area (Å²) in [5, 5.41) is 3.39. The minimum Gasteiger partial charge on any atom is -0.490 e. The van der Waals surface area contributed by atoms with E-state index in [1.165, 1.54) is 36.0 Å². The molecule has 1 unspecified atom stereocenters. The summed E-state index contributed by atoms with van der Waals surface area (Å²) in [6.45, 7) is 4.85. The molecule has 1 atom stereocenters. The summed E-state index contributed by atoms with van der Waals surface area (Å²) in [4.78, 5) is 0. The number of fused-ring (bicyclic) bond motifs is 1. The van der Waals surface area contributed by atoms with Gasteiger partial charge >= 0.3 is 0 Å². The molecule has 0 fully saturated rings. The lowest BCUT2D eigenvalue weighted by Crippen LogP contribution is -2.21. The first-order valence-corrected chi connectivity index (χ1v) is 6.77. The van der Waals surface area contributed by atoms with Crippen molar-refractivity contribution in [2.45, 2.75) is 39.2 Å². The molecule has 1 aliphatic rings. The van der Waals surface area contributed by atoms with Crippen LogP contribution in [0.2, 0.25) is 0 Å². The van der Waals surface area contributed by atoms with E-state index in [1.54, 1.807) is 0 Å². The minimum absolute atomic E-state index is 0.514. The van der Waals surface area contributed by atoms with Gasteiger partial charge in [0.05, 0.1) is 0 Å². The number of hydrogen-bond acceptors (Lipinski definition) is 2. The highest BCUT2D eigenvalue weighted by Crippen LogP contribution is 2.31. The van der Waals surface area contributed by atoms with Crippen LogP contribution in [0, 0.1) is 0 Å². The van der Waals surface area contributed by atoms with Gasteiger partial charge in [-0.05, 0) is 69.5 Å². The molecule has 0 spiro atoms. The molecule has 0 heterocycles. The van der Waals surface area contributed by atoms with E-state index in [0.717, 1.165) is 5.75 Å². The lowest BCUT2D eigenvalue weighted by molar-refractivity contribution is 0.360. The Hall–Kier alpha value is -1.28. The van der Waals surface area contributed by atoms with Crippen molar-refractivity contribution >= 4 is 0 Å². The van der Waals surface area contributed by atoms with Crippen LogP contribution in [0.3, 0.4) is 0 Å². The van der Waals surface area contributed by atoms with Gasteiger partial charge in [-0.3, -0.25) is 0 Å². The highest BCUT2D eigenvalue weighted by molar-refractivity contribution is 5.39. The molecule has 1 aliphatic carbocycles. The minimum atomic E-state index is 0.514. The van der Waals surface area contributed by atoms with Gasteiger partial charge in [0, 0.05) is 6.04 Å². The maximum Gasteiger partial charge on any atom is 0.120 e. The first-order chi connectivity index (χ1) is 8.70. The van der Waals surface area contributed by atoms with Gasteiger partial charge < -0.3 is 10.1 Å². The lowest BCUT2D eigenvalue weighted by atomic mass is 9.87. The number of allylic oxidation sites excluding steroid dienone is 1. The SMILES string of the molecule is CNC1CCCc2cc(OCC=C(C)C)ccc21. The van der Waals surface area contributed by atoms with Crippen molar-refractivity contribution in [3.8, 4) is 5.75 Å². The molecule has 2 rings (SSSR count). The number of benzene rings is 1. The topological polar surface area (TPSA) is 21.3 Å². The van der Waals surface area contributed by atoms with Crippen LogP contribution in [-0.4, -0.2) is 13.7 Å². The zero-order chi connectivity index (χ0) is 13.0. The second-order valence-corrected chi connectivity index (χ2v) is 5.19. The summed E-state index contributed by atoms with van der Waals surface area (Å²) in [6, 6.07) is 7.03. The zero-order valence-corrected chi connectivity index (χ0v) is 11.6. The van der Waals surface area contributed by atoms with E-state index in [1.807, 2.05) is 7.05 Å². The molecule has 2 nitrogen and oxygen atoms in total. The third-order valence-corrected chi connectivity index (χ3v) is 3.52. The quantitative estimate of drug-likeness (QED) is 0.818. The number of ether oxygens (including phenoxy) is 1. The zero-order valence-electron chi connectivity index (χ0n) is 11.6. The first-order valence-electron chi connectivity index (χ1n) is 6.77. The van der Waals surface area contributed by atoms with Gasteiger partial charge in [0.1, 0.15) is 12.4 Å². The summed E-state index contributed by atoms with van der Waals surface area (Å²) in [6.07, 6.45) is 5.78. The standard InChI is InChI=1S/C16H23NO/c1-12(2)9-10-18-14-7-8-15-13(11-14)5-4-6-16(15)17-3/h7-9,11,16-17H,4-6,10H2,1-3H3. The van der Waals surface area contributed by atoms with Crippen LogP contribution in [0.1, 0.15) is 43.9 Å². The van der Waals surface area contributed by atoms with Crippen LogP contribution in [0.4, 0.5) is 0 Å². The van der Waals surface area contributed by atoms with Crippen molar-refractivity contribution < 1.29 is 4.74 Å². The molecule has 1 aromatic rings. The highest BCUT2D eigenvalue weighted by atomic mass is 16.5. The maximum atomic E-state index is 5.75. The Bertz CT molecular complexity index is 433. The van der Waals surface area contributed by atoms with Gasteiger partial charge in [0.2, 0.25) is 0 Å². The lowest BCUT2D eigenvalue weighted by Gasteiger charge is -2.25. The van der Waals surface area contributed by atoms with Crippen LogP contribution in [0.5, 0.6) is 5.75 Å². The van der Waals surface area contributed by atoms with E-state index in [9.17, 15) is 0 Å². The van der Waals surface area contributed by atoms with E-state index >= 15 is 0 Å². The monoisotopic (exact) mass is 245 g/mol. The Morgan fingerprint density at radius 2 is 2.28 bits per heavy atom. The van der Waals surface area contributed by atoms with Gasteiger partial charge in [-0.15, -0.1) is 0 Å². The Labute approximate surface area is 110 Å². The Morgan fingerprint density at radius 3 is 3.00 bits per heavy atom. The third-order valence-electron chi connectivity index (χ3n) is 3.52. The van der Waals surface area contributed by atoms with Crippen LogP contribution in [0.15, 0.2) is 29.8 Å². The molecule has 2 heteroatoms. The predicted molar refractivity (Wildman–Crippen MR) is 76.1 cm³/mol. The average Bonchev–Trinajstić information content (AvgIpc) is 2.37. The summed E-state index contributed by atoms with van der Waals surface area (Å²) in [5.74, 6) is 0.989. The van der Waals surface area contributed by atoms with Gasteiger partial charge in [0.15, 0.2) is 0 Å². The molecule has 98 valence electrons. The fraction of sp³-hybridized carbons (Fsp3) is 0.500. The molecule has 0 bridgehead atoms. The molecule has 1 aromatic carbocycles. The highest BCUT2D eigenvalue weighted by Gasteiger charge is 2.18. The molecule has 18 heavy (non-hydrogen) atoms. The van der Waals surface area contributed by atoms with Crippen molar-refractivity contribution in [2.75, 3.05) is 13.7 Å². The molecule has 0 radical (unpaired) electrons. The maximum absolute atomic E-state index is 5.75. The summed E-state index contributed by atoms with van der Waals surface area (Å²) in [7, 11) is 2.04. The number of aryl methyl sites for hydroxylation is 1. The molecule has 0 amide bonds. The van der Waals surface area contributed by atoms with Gasteiger partial charge in [0.25, 0.3) is 0 Å². The van der Waals surface area contributed by atoms with Crippen LogP contribution >= 0.6 is 0 Å². The molecule has 0 saturated carbocycles. The van der Waals surface area contributed by atoms with E-state index in [2.05, 4.69) is 43.4 Å². The van der Waals surface area contributed by atoms with Gasteiger partial charge in [-0.25, -0.2) is 0 Å². The predicted octanol–water partition coefficient (Wildman–Crippen LogP) is 3.63. The average molecular weight is 245 g/mol. The van der Waals surface area contributed by atoms with E-state index in [-0.39, 0.29) is 0 Å². The van der Waals surface area contributed by atoms with Crippen molar-refractivity contribution in [1.29, 1.82) is 0 Å². The van der Waals surface area contributed by atoms with Crippen molar-refractivity contribution in [1.82, 2.24) is 5.32 Å². The van der Waals surface area contributed by atoms with Crippen LogP contribution < -0.4 is 10.1 Å². The first kappa shape index (κ1) is 13.2. The second-order valence-electron chi connectivity index (χ2n) is 5.19. The van der Waals surface area contributed by atoms with Crippen molar-refractivity contribution in [3.05, 3.63) is 41.0 Å². The normalized spacial score (nSPS) is 18.1. The van der Waals surface area contributed by atoms with Crippen molar-refractivity contribution in [3.63, 3.8) is 0 Å². The fourth-order valence-corrected chi connectivity index (χ4v) is 2.48. The molecular formula is C16H23NO. The molecule has 1 N–H and O–H groups in total. The Morgan fingerprint density at radius 1 is 1.44 bits per heavy atom. The van der Waals surface area contributed by atoms with Crippen LogP contribution in [-0.2, 0) is 6.42 Å². The van der Waals surface area contributed by atoms with Gasteiger partial charge in [-0.2, -0.15) is 0 Å². The van der Waals surface area contributed by atoms with Gasteiger partial charge in [-0.1, -0.05) is 11.6 Å².